The lowest BCUT2D eigenvalue weighted by atomic mass is 10.1. The summed E-state index contributed by atoms with van der Waals surface area (Å²) in [6.45, 7) is 3.92. The number of hydrogen-bond donors (Lipinski definition) is 2. The molecule has 2 saturated heterocycles. The minimum atomic E-state index is -0.0643. The number of benzene rings is 1. The molecule has 0 unspecified atom stereocenters. The van der Waals surface area contributed by atoms with Crippen LogP contribution in [0.15, 0.2) is 30.3 Å². The van der Waals surface area contributed by atoms with Gasteiger partial charge in [0.1, 0.15) is 0 Å². The summed E-state index contributed by atoms with van der Waals surface area (Å²) < 4.78 is 0. The van der Waals surface area contributed by atoms with Crippen LogP contribution in [0.4, 0.5) is 10.5 Å². The van der Waals surface area contributed by atoms with Crippen molar-refractivity contribution >= 4 is 17.6 Å². The Labute approximate surface area is 155 Å². The predicted molar refractivity (Wildman–Crippen MR) is 103 cm³/mol. The van der Waals surface area contributed by atoms with Crippen molar-refractivity contribution in [3.05, 3.63) is 30.3 Å². The molecular formula is C20H30N4O2. The van der Waals surface area contributed by atoms with Crippen molar-refractivity contribution in [1.82, 2.24) is 15.1 Å². The normalized spacial score (nSPS) is 19.6. The van der Waals surface area contributed by atoms with Gasteiger partial charge in [-0.05, 0) is 50.9 Å². The molecule has 2 N–H and O–H groups in total. The van der Waals surface area contributed by atoms with E-state index in [9.17, 15) is 9.59 Å². The number of nitrogens with one attached hydrogen (secondary N) is 2. The molecule has 3 amide bonds. The van der Waals surface area contributed by atoms with Gasteiger partial charge in [-0.15, -0.1) is 0 Å². The molecule has 0 radical (unpaired) electrons. The zero-order chi connectivity index (χ0) is 18.2. The Morgan fingerprint density at radius 2 is 1.58 bits per heavy atom. The van der Waals surface area contributed by atoms with Crippen LogP contribution in [0.3, 0.4) is 0 Å². The summed E-state index contributed by atoms with van der Waals surface area (Å²) in [6.07, 6.45) is 6.58. The molecule has 2 aliphatic rings. The topological polar surface area (TPSA) is 64.7 Å². The number of rotatable bonds is 4. The molecule has 142 valence electrons. The zero-order valence-corrected chi connectivity index (χ0v) is 15.5. The van der Waals surface area contributed by atoms with Gasteiger partial charge in [-0.2, -0.15) is 0 Å². The van der Waals surface area contributed by atoms with E-state index < -0.39 is 0 Å². The van der Waals surface area contributed by atoms with E-state index in [1.807, 2.05) is 35.2 Å². The number of carbonyl (C=O) groups is 2. The first-order valence-electron chi connectivity index (χ1n) is 9.83. The minimum absolute atomic E-state index is 0.0643. The first kappa shape index (κ1) is 18.7. The summed E-state index contributed by atoms with van der Waals surface area (Å²) >= 11 is 0. The largest absolute Gasteiger partial charge is 0.352 e. The fourth-order valence-corrected chi connectivity index (χ4v) is 3.72. The summed E-state index contributed by atoms with van der Waals surface area (Å²) in [5.74, 6) is 0.124. The highest BCUT2D eigenvalue weighted by Crippen LogP contribution is 2.14. The molecule has 6 nitrogen and oxygen atoms in total. The molecule has 6 heteroatoms. The average molecular weight is 358 g/mol. The van der Waals surface area contributed by atoms with Gasteiger partial charge in [-0.1, -0.05) is 31.0 Å². The molecule has 0 aliphatic carbocycles. The van der Waals surface area contributed by atoms with Gasteiger partial charge in [0.05, 0.1) is 6.54 Å². The van der Waals surface area contributed by atoms with E-state index in [4.69, 9.17) is 0 Å². The van der Waals surface area contributed by atoms with E-state index in [1.165, 1.54) is 25.7 Å². The second-order valence-corrected chi connectivity index (χ2v) is 7.32. The second-order valence-electron chi connectivity index (χ2n) is 7.32. The van der Waals surface area contributed by atoms with Crippen LogP contribution < -0.4 is 10.6 Å². The maximum atomic E-state index is 12.3. The number of anilines is 1. The fraction of sp³-hybridized carbons (Fsp3) is 0.600. The Kier molecular flexibility index (Phi) is 6.89. The van der Waals surface area contributed by atoms with Crippen molar-refractivity contribution < 1.29 is 9.59 Å². The van der Waals surface area contributed by atoms with Gasteiger partial charge in [0.2, 0.25) is 5.91 Å². The number of piperidine rings is 1. The zero-order valence-electron chi connectivity index (χ0n) is 15.5. The first-order valence-corrected chi connectivity index (χ1v) is 9.83. The van der Waals surface area contributed by atoms with E-state index in [0.717, 1.165) is 31.6 Å². The highest BCUT2D eigenvalue weighted by atomic mass is 16.2. The Hall–Kier alpha value is -2.08. The molecule has 0 atom stereocenters. The van der Waals surface area contributed by atoms with E-state index in [0.29, 0.717) is 19.6 Å². The summed E-state index contributed by atoms with van der Waals surface area (Å²) in [7, 11) is 0. The molecule has 26 heavy (non-hydrogen) atoms. The lowest BCUT2D eigenvalue weighted by Gasteiger charge is -2.32. The molecule has 1 aromatic carbocycles. The third kappa shape index (κ3) is 5.73. The monoisotopic (exact) mass is 358 g/mol. The third-order valence-corrected chi connectivity index (χ3v) is 5.24. The highest BCUT2D eigenvalue weighted by Gasteiger charge is 2.24. The lowest BCUT2D eigenvalue weighted by molar-refractivity contribution is -0.123. The lowest BCUT2D eigenvalue weighted by Crippen LogP contribution is -2.49. The Morgan fingerprint density at radius 1 is 0.923 bits per heavy atom. The molecule has 3 rings (SSSR count). The predicted octanol–water partition coefficient (Wildman–Crippen LogP) is 2.68. The summed E-state index contributed by atoms with van der Waals surface area (Å²) in [6, 6.07) is 9.61. The molecule has 0 bridgehead atoms. The number of para-hydroxylation sites is 1. The van der Waals surface area contributed by atoms with Crippen molar-refractivity contribution in [2.24, 2.45) is 0 Å². The molecule has 2 aliphatic heterocycles. The van der Waals surface area contributed by atoms with Crippen molar-refractivity contribution in [2.45, 2.75) is 44.6 Å². The Bertz CT molecular complexity index is 577. The van der Waals surface area contributed by atoms with Crippen LogP contribution in [0.25, 0.3) is 0 Å². The van der Waals surface area contributed by atoms with Gasteiger partial charge in [-0.3, -0.25) is 9.69 Å². The smallest absolute Gasteiger partial charge is 0.321 e. The minimum Gasteiger partial charge on any atom is -0.352 e. The molecule has 2 heterocycles. The van der Waals surface area contributed by atoms with Crippen LogP contribution in [0.2, 0.25) is 0 Å². The molecule has 2 fully saturated rings. The molecule has 1 aromatic rings. The maximum Gasteiger partial charge on any atom is 0.321 e. The summed E-state index contributed by atoms with van der Waals surface area (Å²) in [5.41, 5.74) is 0.811. The van der Waals surface area contributed by atoms with Crippen molar-refractivity contribution in [3.8, 4) is 0 Å². The van der Waals surface area contributed by atoms with Crippen LogP contribution in [-0.2, 0) is 4.79 Å². The van der Waals surface area contributed by atoms with Gasteiger partial charge in [0, 0.05) is 24.8 Å². The van der Waals surface area contributed by atoms with Crippen LogP contribution >= 0.6 is 0 Å². The fourth-order valence-electron chi connectivity index (χ4n) is 3.72. The molecule has 0 spiro atoms. The number of carbonyl (C=O) groups excluding carboxylic acids is 2. The van der Waals surface area contributed by atoms with E-state index >= 15 is 0 Å². The number of amides is 3. The Morgan fingerprint density at radius 3 is 2.23 bits per heavy atom. The SMILES string of the molecule is O=C(CN1CCCCCC1)NC1CCN(C(=O)Nc2ccccc2)CC1. The van der Waals surface area contributed by atoms with Crippen molar-refractivity contribution in [1.29, 1.82) is 0 Å². The number of nitrogens with zero attached hydrogens (tertiary/aromatic N) is 2. The maximum absolute atomic E-state index is 12.3. The molecule has 0 saturated carbocycles. The molecule has 0 aromatic heterocycles. The van der Waals surface area contributed by atoms with Crippen LogP contribution in [0.1, 0.15) is 38.5 Å². The standard InChI is InChI=1S/C20H30N4O2/c25-19(16-23-12-6-1-2-7-13-23)21-18-10-14-24(15-11-18)20(26)22-17-8-4-3-5-9-17/h3-5,8-9,18H,1-2,6-7,10-16H2,(H,21,25)(H,22,26). The van der Waals surface area contributed by atoms with Gasteiger partial charge >= 0.3 is 6.03 Å². The van der Waals surface area contributed by atoms with Gasteiger partial charge in [-0.25, -0.2) is 4.79 Å². The van der Waals surface area contributed by atoms with Crippen molar-refractivity contribution in [2.75, 3.05) is 38.0 Å². The van der Waals surface area contributed by atoms with Crippen LogP contribution in [0, 0.1) is 0 Å². The number of hydrogen-bond acceptors (Lipinski definition) is 3. The van der Waals surface area contributed by atoms with Crippen LogP contribution in [-0.4, -0.2) is 60.5 Å². The van der Waals surface area contributed by atoms with Crippen LogP contribution in [0.5, 0.6) is 0 Å². The first-order chi connectivity index (χ1) is 12.7. The van der Waals surface area contributed by atoms with E-state index in [-0.39, 0.29) is 18.0 Å². The summed E-state index contributed by atoms with van der Waals surface area (Å²) in [5, 5.41) is 6.08. The second kappa shape index (κ2) is 9.57. The molecular weight excluding hydrogens is 328 g/mol. The van der Waals surface area contributed by atoms with Gasteiger partial charge in [0.15, 0.2) is 0 Å². The van der Waals surface area contributed by atoms with E-state index in [2.05, 4.69) is 15.5 Å². The highest BCUT2D eigenvalue weighted by molar-refractivity contribution is 5.89. The summed E-state index contributed by atoms with van der Waals surface area (Å²) in [4.78, 5) is 28.7. The van der Waals surface area contributed by atoms with E-state index in [1.54, 1.807) is 0 Å². The number of urea groups is 1. The number of likely N-dealkylation sites (tertiary alicyclic amines) is 2. The van der Waals surface area contributed by atoms with Crippen molar-refractivity contribution in [3.63, 3.8) is 0 Å². The quantitative estimate of drug-likeness (QED) is 0.870. The van der Waals surface area contributed by atoms with Gasteiger partial charge < -0.3 is 15.5 Å². The third-order valence-electron chi connectivity index (χ3n) is 5.24. The Balaban J connectivity index is 1.37. The average Bonchev–Trinajstić information content (AvgIpc) is 2.91. The van der Waals surface area contributed by atoms with Gasteiger partial charge in [0.25, 0.3) is 0 Å².